The topological polar surface area (TPSA) is 99.3 Å². The number of aromatic amines is 2. The number of H-pyrrole nitrogens is 2. The van der Waals surface area contributed by atoms with Gasteiger partial charge in [0.15, 0.2) is 5.69 Å². The van der Waals surface area contributed by atoms with Crippen LogP contribution in [0.3, 0.4) is 0 Å². The highest BCUT2D eigenvalue weighted by Crippen LogP contribution is 2.19. The van der Waals surface area contributed by atoms with Crippen LogP contribution in [-0.2, 0) is 0 Å². The third-order valence-corrected chi connectivity index (χ3v) is 3.35. The summed E-state index contributed by atoms with van der Waals surface area (Å²) in [6, 6.07) is 5.83. The van der Waals surface area contributed by atoms with Crippen molar-refractivity contribution in [1.82, 2.24) is 30.7 Å². The van der Waals surface area contributed by atoms with Gasteiger partial charge in [0.25, 0.3) is 5.91 Å². The van der Waals surface area contributed by atoms with Gasteiger partial charge in [-0.3, -0.25) is 4.79 Å². The normalized spacial score (nSPS) is 12.5. The molecule has 1 aromatic carbocycles. The summed E-state index contributed by atoms with van der Waals surface area (Å²) in [5.41, 5.74) is 3.29. The quantitative estimate of drug-likeness (QED) is 0.681. The Morgan fingerprint density at radius 3 is 3.00 bits per heavy atom. The standard InChI is InChI=1S/C14H16N6O/c1-3-9(18-14(21)12-7-15-20-19-12)13-16-10-5-4-8(2)6-11(10)17-13/h4-7,9H,3H2,1-2H3,(H,16,17)(H,18,21)(H,15,19,20)/t9-/m1/s1. The van der Waals surface area contributed by atoms with Gasteiger partial charge in [-0.15, -0.1) is 0 Å². The van der Waals surface area contributed by atoms with Crippen molar-refractivity contribution in [1.29, 1.82) is 0 Å². The Kier molecular flexibility index (Phi) is 3.39. The van der Waals surface area contributed by atoms with Crippen LogP contribution in [0.15, 0.2) is 24.4 Å². The predicted molar refractivity (Wildman–Crippen MR) is 77.7 cm³/mol. The zero-order valence-electron chi connectivity index (χ0n) is 11.8. The molecule has 21 heavy (non-hydrogen) atoms. The largest absolute Gasteiger partial charge is 0.341 e. The SMILES string of the molecule is CC[C@@H](NC(=O)c1cn[nH]n1)c1nc2ccc(C)cc2[nH]1. The number of benzene rings is 1. The molecule has 2 aromatic heterocycles. The van der Waals surface area contributed by atoms with E-state index in [0.29, 0.717) is 0 Å². The van der Waals surface area contributed by atoms with E-state index in [4.69, 9.17) is 0 Å². The second-order valence-electron chi connectivity index (χ2n) is 4.93. The van der Waals surface area contributed by atoms with Crippen molar-refractivity contribution in [2.75, 3.05) is 0 Å². The number of nitrogens with zero attached hydrogens (tertiary/aromatic N) is 3. The number of nitrogens with one attached hydrogen (secondary N) is 3. The van der Waals surface area contributed by atoms with Crippen molar-refractivity contribution < 1.29 is 4.79 Å². The number of aryl methyl sites for hydroxylation is 1. The number of fused-ring (bicyclic) bond motifs is 1. The molecule has 0 aliphatic rings. The highest BCUT2D eigenvalue weighted by Gasteiger charge is 2.18. The second kappa shape index (κ2) is 5.35. The van der Waals surface area contributed by atoms with E-state index in [1.54, 1.807) is 0 Å². The fourth-order valence-corrected chi connectivity index (χ4v) is 2.22. The summed E-state index contributed by atoms with van der Waals surface area (Å²) in [7, 11) is 0. The molecule has 1 atom stereocenters. The molecule has 108 valence electrons. The van der Waals surface area contributed by atoms with E-state index in [1.165, 1.54) is 6.20 Å². The molecule has 0 saturated heterocycles. The molecule has 2 heterocycles. The van der Waals surface area contributed by atoms with Crippen LogP contribution in [0, 0.1) is 6.92 Å². The van der Waals surface area contributed by atoms with Crippen LogP contribution in [0.5, 0.6) is 0 Å². The third kappa shape index (κ3) is 2.62. The molecule has 0 radical (unpaired) electrons. The lowest BCUT2D eigenvalue weighted by Crippen LogP contribution is -2.29. The average Bonchev–Trinajstić information content (AvgIpc) is 3.12. The first-order chi connectivity index (χ1) is 10.2. The lowest BCUT2D eigenvalue weighted by atomic mass is 10.2. The molecule has 0 aliphatic carbocycles. The van der Waals surface area contributed by atoms with Gasteiger partial charge in [-0.25, -0.2) is 4.98 Å². The van der Waals surface area contributed by atoms with Gasteiger partial charge >= 0.3 is 0 Å². The molecule has 3 rings (SSSR count). The van der Waals surface area contributed by atoms with Crippen LogP contribution in [0.1, 0.15) is 41.3 Å². The Morgan fingerprint density at radius 1 is 1.43 bits per heavy atom. The number of rotatable bonds is 4. The minimum atomic E-state index is -0.271. The zero-order chi connectivity index (χ0) is 14.8. The molecule has 0 aliphatic heterocycles. The van der Waals surface area contributed by atoms with E-state index in [-0.39, 0.29) is 17.6 Å². The van der Waals surface area contributed by atoms with E-state index >= 15 is 0 Å². The third-order valence-electron chi connectivity index (χ3n) is 3.35. The van der Waals surface area contributed by atoms with Crippen LogP contribution >= 0.6 is 0 Å². The Labute approximate surface area is 121 Å². The maximum absolute atomic E-state index is 12.0. The first kappa shape index (κ1) is 13.3. The Morgan fingerprint density at radius 2 is 2.29 bits per heavy atom. The average molecular weight is 284 g/mol. The summed E-state index contributed by atoms with van der Waals surface area (Å²) in [6.45, 7) is 4.02. The van der Waals surface area contributed by atoms with Gasteiger partial charge in [-0.05, 0) is 31.0 Å². The fraction of sp³-hybridized carbons (Fsp3) is 0.286. The number of hydrogen-bond acceptors (Lipinski definition) is 4. The summed E-state index contributed by atoms with van der Waals surface area (Å²) >= 11 is 0. The lowest BCUT2D eigenvalue weighted by molar-refractivity contribution is 0.0929. The summed E-state index contributed by atoms with van der Waals surface area (Å²) < 4.78 is 0. The van der Waals surface area contributed by atoms with E-state index in [0.717, 1.165) is 28.8 Å². The van der Waals surface area contributed by atoms with Gasteiger partial charge in [0.1, 0.15) is 5.82 Å². The van der Waals surface area contributed by atoms with Crippen molar-refractivity contribution in [3.8, 4) is 0 Å². The summed E-state index contributed by atoms with van der Waals surface area (Å²) in [4.78, 5) is 19.9. The van der Waals surface area contributed by atoms with Gasteiger partial charge in [-0.2, -0.15) is 15.4 Å². The first-order valence-electron chi connectivity index (χ1n) is 6.80. The lowest BCUT2D eigenvalue weighted by Gasteiger charge is -2.13. The van der Waals surface area contributed by atoms with Crippen molar-refractivity contribution in [2.45, 2.75) is 26.3 Å². The Balaban J connectivity index is 1.86. The number of hydrogen-bond donors (Lipinski definition) is 3. The van der Waals surface area contributed by atoms with Gasteiger partial charge < -0.3 is 10.3 Å². The fourth-order valence-electron chi connectivity index (χ4n) is 2.22. The predicted octanol–water partition coefficient (Wildman–Crippen LogP) is 1.87. The minimum absolute atomic E-state index is 0.193. The molecule has 0 saturated carbocycles. The van der Waals surface area contributed by atoms with Crippen molar-refractivity contribution in [2.24, 2.45) is 0 Å². The van der Waals surface area contributed by atoms with Crippen LogP contribution in [-0.4, -0.2) is 31.3 Å². The molecule has 3 aromatic rings. The second-order valence-corrected chi connectivity index (χ2v) is 4.93. The van der Waals surface area contributed by atoms with Crippen molar-refractivity contribution in [3.63, 3.8) is 0 Å². The van der Waals surface area contributed by atoms with Crippen molar-refractivity contribution >= 4 is 16.9 Å². The first-order valence-corrected chi connectivity index (χ1v) is 6.80. The Bertz CT molecular complexity index is 761. The number of imidazole rings is 1. The molecule has 0 fully saturated rings. The summed E-state index contributed by atoms with van der Waals surface area (Å²) in [6.07, 6.45) is 2.12. The molecule has 7 nitrogen and oxygen atoms in total. The van der Waals surface area contributed by atoms with Crippen LogP contribution in [0.25, 0.3) is 11.0 Å². The van der Waals surface area contributed by atoms with E-state index in [2.05, 4.69) is 30.7 Å². The van der Waals surface area contributed by atoms with Crippen molar-refractivity contribution in [3.05, 3.63) is 41.5 Å². The van der Waals surface area contributed by atoms with E-state index in [1.807, 2.05) is 32.0 Å². The summed E-state index contributed by atoms with van der Waals surface area (Å²) in [5.74, 6) is 0.474. The maximum Gasteiger partial charge on any atom is 0.274 e. The number of carbonyl (C=O) groups excluding carboxylic acids is 1. The highest BCUT2D eigenvalue weighted by atomic mass is 16.2. The van der Waals surface area contributed by atoms with Gasteiger partial charge in [0, 0.05) is 0 Å². The highest BCUT2D eigenvalue weighted by molar-refractivity contribution is 5.92. The summed E-state index contributed by atoms with van der Waals surface area (Å²) in [5, 5.41) is 12.7. The number of amides is 1. The zero-order valence-corrected chi connectivity index (χ0v) is 11.8. The number of carbonyl (C=O) groups is 1. The Hall–Kier alpha value is -2.70. The van der Waals surface area contributed by atoms with Crippen LogP contribution < -0.4 is 5.32 Å². The molecule has 7 heteroatoms. The smallest absolute Gasteiger partial charge is 0.274 e. The number of aromatic nitrogens is 5. The molecular formula is C14H16N6O. The molecular weight excluding hydrogens is 268 g/mol. The van der Waals surface area contributed by atoms with E-state index < -0.39 is 0 Å². The van der Waals surface area contributed by atoms with E-state index in [9.17, 15) is 4.79 Å². The molecule has 3 N–H and O–H groups in total. The molecule has 0 spiro atoms. The monoisotopic (exact) mass is 284 g/mol. The van der Waals surface area contributed by atoms with Gasteiger partial charge in [0.05, 0.1) is 23.3 Å². The molecule has 0 unspecified atom stereocenters. The van der Waals surface area contributed by atoms with Crippen LogP contribution in [0.4, 0.5) is 0 Å². The maximum atomic E-state index is 12.0. The molecule has 0 bridgehead atoms. The molecule has 1 amide bonds. The van der Waals surface area contributed by atoms with Gasteiger partial charge in [-0.1, -0.05) is 13.0 Å². The minimum Gasteiger partial charge on any atom is -0.341 e. The van der Waals surface area contributed by atoms with Gasteiger partial charge in [0.2, 0.25) is 0 Å². The van der Waals surface area contributed by atoms with Crippen LogP contribution in [0.2, 0.25) is 0 Å².